The minimum absolute atomic E-state index is 0.332. The molecule has 4 atom stereocenters. The van der Waals surface area contributed by atoms with Gasteiger partial charge in [-0.15, -0.1) is 0 Å². The van der Waals surface area contributed by atoms with Crippen molar-refractivity contribution in [1.82, 2.24) is 5.32 Å². The van der Waals surface area contributed by atoms with Crippen LogP contribution in [0, 0.1) is 17.8 Å². The number of aliphatic hydroxyl groups excluding tert-OH is 1. The highest BCUT2D eigenvalue weighted by Gasteiger charge is 2.30. The van der Waals surface area contributed by atoms with Crippen LogP contribution in [-0.2, 0) is 4.74 Å². The Labute approximate surface area is 112 Å². The summed E-state index contributed by atoms with van der Waals surface area (Å²) in [5.74, 6) is 2.38. The molecule has 1 saturated carbocycles. The lowest BCUT2D eigenvalue weighted by atomic mass is 9.74. The molecule has 2 N–H and O–H groups in total. The topological polar surface area (TPSA) is 41.5 Å². The second-order valence-corrected chi connectivity index (χ2v) is 6.28. The quantitative estimate of drug-likeness (QED) is 0.736. The molecule has 3 heteroatoms. The van der Waals surface area contributed by atoms with Gasteiger partial charge < -0.3 is 15.2 Å². The van der Waals surface area contributed by atoms with E-state index in [1.165, 1.54) is 19.3 Å². The molecular formula is C15H31NO2. The molecule has 0 saturated heterocycles. The number of aliphatic hydroxyl groups is 1. The van der Waals surface area contributed by atoms with Crippen LogP contribution in [0.25, 0.3) is 0 Å². The van der Waals surface area contributed by atoms with E-state index in [4.69, 9.17) is 4.74 Å². The highest BCUT2D eigenvalue weighted by Crippen LogP contribution is 2.33. The standard InChI is InChI=1S/C15H31NO2/c1-11(2)14-6-5-12(3)9-15(14)16-8-7-13(17)10-18-4/h11-17H,5-10H2,1-4H3. The molecule has 0 radical (unpaired) electrons. The fourth-order valence-electron chi connectivity index (χ4n) is 3.15. The van der Waals surface area contributed by atoms with Crippen molar-refractivity contribution in [1.29, 1.82) is 0 Å². The summed E-state index contributed by atoms with van der Waals surface area (Å²) in [4.78, 5) is 0. The van der Waals surface area contributed by atoms with E-state index in [1.807, 2.05) is 0 Å². The van der Waals surface area contributed by atoms with E-state index < -0.39 is 0 Å². The first-order chi connectivity index (χ1) is 8.54. The maximum absolute atomic E-state index is 9.64. The Kier molecular flexibility index (Phi) is 7.20. The van der Waals surface area contributed by atoms with Crippen molar-refractivity contribution >= 4 is 0 Å². The van der Waals surface area contributed by atoms with Crippen LogP contribution in [0.15, 0.2) is 0 Å². The monoisotopic (exact) mass is 257 g/mol. The maximum atomic E-state index is 9.64. The number of rotatable bonds is 7. The number of hydrogen-bond acceptors (Lipinski definition) is 3. The van der Waals surface area contributed by atoms with Gasteiger partial charge in [0.25, 0.3) is 0 Å². The number of hydrogen-bond donors (Lipinski definition) is 2. The van der Waals surface area contributed by atoms with E-state index in [1.54, 1.807) is 7.11 Å². The van der Waals surface area contributed by atoms with Gasteiger partial charge in [0.05, 0.1) is 12.7 Å². The van der Waals surface area contributed by atoms with Crippen LogP contribution in [0.1, 0.15) is 46.5 Å². The zero-order valence-electron chi connectivity index (χ0n) is 12.5. The van der Waals surface area contributed by atoms with Crippen LogP contribution in [0.3, 0.4) is 0 Å². The molecule has 0 aromatic heterocycles. The Morgan fingerprint density at radius 2 is 2.06 bits per heavy atom. The van der Waals surface area contributed by atoms with Crippen molar-refractivity contribution in [2.45, 2.75) is 58.6 Å². The Bertz CT molecular complexity index is 221. The molecule has 0 aliphatic heterocycles. The van der Waals surface area contributed by atoms with E-state index in [9.17, 15) is 5.11 Å². The van der Waals surface area contributed by atoms with Crippen LogP contribution < -0.4 is 5.32 Å². The van der Waals surface area contributed by atoms with Crippen molar-refractivity contribution < 1.29 is 9.84 Å². The molecule has 4 unspecified atom stereocenters. The predicted molar refractivity (Wildman–Crippen MR) is 75.6 cm³/mol. The summed E-state index contributed by atoms with van der Waals surface area (Å²) in [6.45, 7) is 8.34. The molecule has 0 bridgehead atoms. The van der Waals surface area contributed by atoms with Gasteiger partial charge in [-0.3, -0.25) is 0 Å². The van der Waals surface area contributed by atoms with Crippen molar-refractivity contribution in [3.8, 4) is 0 Å². The van der Waals surface area contributed by atoms with E-state index >= 15 is 0 Å². The molecule has 108 valence electrons. The Morgan fingerprint density at radius 3 is 2.67 bits per heavy atom. The molecule has 0 spiro atoms. The van der Waals surface area contributed by atoms with Crippen LogP contribution in [0.2, 0.25) is 0 Å². The van der Waals surface area contributed by atoms with Gasteiger partial charge in [0.15, 0.2) is 0 Å². The molecule has 0 aromatic carbocycles. The fourth-order valence-corrected chi connectivity index (χ4v) is 3.15. The first-order valence-corrected chi connectivity index (χ1v) is 7.45. The zero-order valence-corrected chi connectivity index (χ0v) is 12.5. The second kappa shape index (κ2) is 8.13. The smallest absolute Gasteiger partial charge is 0.0785 e. The summed E-state index contributed by atoms with van der Waals surface area (Å²) in [6.07, 6.45) is 4.44. The van der Waals surface area contributed by atoms with Crippen molar-refractivity contribution in [2.24, 2.45) is 17.8 Å². The molecule has 0 heterocycles. The van der Waals surface area contributed by atoms with Gasteiger partial charge in [-0.25, -0.2) is 0 Å². The molecule has 1 rings (SSSR count). The summed E-state index contributed by atoms with van der Waals surface area (Å²) in [6, 6.07) is 0.628. The summed E-state index contributed by atoms with van der Waals surface area (Å²) < 4.78 is 4.94. The number of ether oxygens (including phenoxy) is 1. The molecule has 1 aliphatic carbocycles. The molecular weight excluding hydrogens is 226 g/mol. The first-order valence-electron chi connectivity index (χ1n) is 7.45. The molecule has 1 aliphatic rings. The van der Waals surface area contributed by atoms with Crippen molar-refractivity contribution in [3.63, 3.8) is 0 Å². The lowest BCUT2D eigenvalue weighted by molar-refractivity contribution is 0.0572. The van der Waals surface area contributed by atoms with E-state index in [0.717, 1.165) is 30.7 Å². The normalized spacial score (nSPS) is 30.7. The zero-order chi connectivity index (χ0) is 13.5. The third-order valence-electron chi connectivity index (χ3n) is 4.27. The maximum Gasteiger partial charge on any atom is 0.0785 e. The third kappa shape index (κ3) is 5.25. The molecule has 1 fully saturated rings. The highest BCUT2D eigenvalue weighted by molar-refractivity contribution is 4.85. The minimum atomic E-state index is -0.332. The molecule has 0 aromatic rings. The van der Waals surface area contributed by atoms with E-state index in [2.05, 4.69) is 26.1 Å². The van der Waals surface area contributed by atoms with Gasteiger partial charge in [-0.1, -0.05) is 27.2 Å². The first kappa shape index (κ1) is 15.9. The lowest BCUT2D eigenvalue weighted by Crippen LogP contribution is -2.43. The van der Waals surface area contributed by atoms with Gasteiger partial charge in [0.1, 0.15) is 0 Å². The molecule has 3 nitrogen and oxygen atoms in total. The van der Waals surface area contributed by atoms with E-state index in [0.29, 0.717) is 12.6 Å². The summed E-state index contributed by atoms with van der Waals surface area (Å²) in [5, 5.41) is 13.3. The van der Waals surface area contributed by atoms with Crippen LogP contribution in [-0.4, -0.2) is 37.5 Å². The minimum Gasteiger partial charge on any atom is -0.391 e. The number of methoxy groups -OCH3 is 1. The summed E-state index contributed by atoms with van der Waals surface area (Å²) in [7, 11) is 1.63. The second-order valence-electron chi connectivity index (χ2n) is 6.28. The largest absolute Gasteiger partial charge is 0.391 e. The molecule has 0 amide bonds. The average molecular weight is 257 g/mol. The van der Waals surface area contributed by atoms with Crippen LogP contribution in [0.5, 0.6) is 0 Å². The van der Waals surface area contributed by atoms with Crippen molar-refractivity contribution in [3.05, 3.63) is 0 Å². The van der Waals surface area contributed by atoms with Gasteiger partial charge >= 0.3 is 0 Å². The highest BCUT2D eigenvalue weighted by atomic mass is 16.5. The van der Waals surface area contributed by atoms with Gasteiger partial charge in [-0.2, -0.15) is 0 Å². The lowest BCUT2D eigenvalue weighted by Gasteiger charge is -2.38. The van der Waals surface area contributed by atoms with E-state index in [-0.39, 0.29) is 6.10 Å². The molecule has 18 heavy (non-hydrogen) atoms. The predicted octanol–water partition coefficient (Wildman–Crippen LogP) is 2.43. The summed E-state index contributed by atoms with van der Waals surface area (Å²) >= 11 is 0. The van der Waals surface area contributed by atoms with Gasteiger partial charge in [-0.05, 0) is 43.6 Å². The van der Waals surface area contributed by atoms with Gasteiger partial charge in [0, 0.05) is 13.2 Å². The van der Waals surface area contributed by atoms with Gasteiger partial charge in [0.2, 0.25) is 0 Å². The summed E-state index contributed by atoms with van der Waals surface area (Å²) in [5.41, 5.74) is 0. The number of nitrogens with one attached hydrogen (secondary N) is 1. The third-order valence-corrected chi connectivity index (χ3v) is 4.27. The van der Waals surface area contributed by atoms with Crippen molar-refractivity contribution in [2.75, 3.05) is 20.3 Å². The fraction of sp³-hybridized carbons (Fsp3) is 1.00. The average Bonchev–Trinajstić information content (AvgIpc) is 2.29. The SMILES string of the molecule is COCC(O)CCNC1CC(C)CCC1C(C)C. The Balaban J connectivity index is 2.32. The Morgan fingerprint density at radius 1 is 1.33 bits per heavy atom. The van der Waals surface area contributed by atoms with Crippen LogP contribution in [0.4, 0.5) is 0 Å². The van der Waals surface area contributed by atoms with Crippen LogP contribution >= 0.6 is 0 Å². The Hall–Kier alpha value is -0.120.